The standard InChI is InChI=1S/C11H15N5/c1-2-16-8-9(6-15-16)5-10(12)11-7-13-3-4-14-11/h3-4,6-8,10H,2,5,12H2,1H3. The second kappa shape index (κ2) is 4.85. The van der Waals surface area contributed by atoms with E-state index in [1.807, 2.05) is 17.1 Å². The molecule has 84 valence electrons. The molecule has 0 bridgehead atoms. The lowest BCUT2D eigenvalue weighted by atomic mass is 10.1. The van der Waals surface area contributed by atoms with E-state index in [0.29, 0.717) is 0 Å². The zero-order valence-electron chi connectivity index (χ0n) is 9.24. The predicted molar refractivity (Wildman–Crippen MR) is 60.6 cm³/mol. The Balaban J connectivity index is 2.05. The first-order chi connectivity index (χ1) is 7.79. The third-order valence-electron chi connectivity index (χ3n) is 2.43. The van der Waals surface area contributed by atoms with Gasteiger partial charge in [-0.3, -0.25) is 14.6 Å². The molecule has 2 heterocycles. The summed E-state index contributed by atoms with van der Waals surface area (Å²) in [5.41, 5.74) is 7.98. The van der Waals surface area contributed by atoms with Crippen LogP contribution in [0.3, 0.4) is 0 Å². The lowest BCUT2D eigenvalue weighted by Gasteiger charge is -2.08. The number of hydrogen-bond acceptors (Lipinski definition) is 4. The van der Waals surface area contributed by atoms with E-state index in [2.05, 4.69) is 22.0 Å². The molecule has 0 fully saturated rings. The molecule has 5 heteroatoms. The first-order valence-electron chi connectivity index (χ1n) is 5.32. The summed E-state index contributed by atoms with van der Waals surface area (Å²) < 4.78 is 1.89. The Morgan fingerprint density at radius 3 is 2.88 bits per heavy atom. The first kappa shape index (κ1) is 10.8. The van der Waals surface area contributed by atoms with Gasteiger partial charge in [0, 0.05) is 31.3 Å². The Labute approximate surface area is 94.3 Å². The van der Waals surface area contributed by atoms with Crippen LogP contribution in [0.1, 0.15) is 24.2 Å². The highest BCUT2D eigenvalue weighted by atomic mass is 15.3. The number of nitrogens with two attached hydrogens (primary N) is 1. The zero-order valence-corrected chi connectivity index (χ0v) is 9.24. The van der Waals surface area contributed by atoms with Crippen LogP contribution in [0.5, 0.6) is 0 Å². The Kier molecular flexibility index (Phi) is 3.26. The van der Waals surface area contributed by atoms with Gasteiger partial charge in [0.15, 0.2) is 0 Å². The van der Waals surface area contributed by atoms with Crippen LogP contribution in [0, 0.1) is 0 Å². The minimum atomic E-state index is -0.122. The van der Waals surface area contributed by atoms with Gasteiger partial charge in [0.1, 0.15) is 0 Å². The molecule has 16 heavy (non-hydrogen) atoms. The SMILES string of the molecule is CCn1cc(CC(N)c2cnccn2)cn1. The molecule has 0 spiro atoms. The maximum Gasteiger partial charge on any atom is 0.0757 e. The lowest BCUT2D eigenvalue weighted by molar-refractivity contribution is 0.655. The molecular weight excluding hydrogens is 202 g/mol. The maximum atomic E-state index is 6.04. The fourth-order valence-electron chi connectivity index (χ4n) is 1.55. The second-order valence-corrected chi connectivity index (χ2v) is 3.65. The van der Waals surface area contributed by atoms with Gasteiger partial charge >= 0.3 is 0 Å². The molecule has 2 N–H and O–H groups in total. The summed E-state index contributed by atoms with van der Waals surface area (Å²) in [5.74, 6) is 0. The summed E-state index contributed by atoms with van der Waals surface area (Å²) >= 11 is 0. The van der Waals surface area contributed by atoms with Gasteiger partial charge in [-0.25, -0.2) is 0 Å². The first-order valence-corrected chi connectivity index (χ1v) is 5.32. The minimum Gasteiger partial charge on any atom is -0.322 e. The van der Waals surface area contributed by atoms with Gasteiger partial charge in [0.05, 0.1) is 17.9 Å². The van der Waals surface area contributed by atoms with Crippen molar-refractivity contribution in [2.24, 2.45) is 5.73 Å². The maximum absolute atomic E-state index is 6.04. The number of hydrogen-bond donors (Lipinski definition) is 1. The van der Waals surface area contributed by atoms with Crippen LogP contribution in [0.15, 0.2) is 31.0 Å². The van der Waals surface area contributed by atoms with Crippen LogP contribution in [0.25, 0.3) is 0 Å². The summed E-state index contributed by atoms with van der Waals surface area (Å²) in [7, 11) is 0. The highest BCUT2D eigenvalue weighted by Gasteiger charge is 2.09. The minimum absolute atomic E-state index is 0.122. The van der Waals surface area contributed by atoms with E-state index in [9.17, 15) is 0 Å². The normalized spacial score (nSPS) is 12.6. The van der Waals surface area contributed by atoms with Gasteiger partial charge in [-0.2, -0.15) is 5.10 Å². The van der Waals surface area contributed by atoms with Crippen LogP contribution in [0.2, 0.25) is 0 Å². The molecule has 0 aliphatic heterocycles. The number of rotatable bonds is 4. The summed E-state index contributed by atoms with van der Waals surface area (Å²) in [6, 6.07) is -0.122. The van der Waals surface area contributed by atoms with Gasteiger partial charge in [0.25, 0.3) is 0 Å². The highest BCUT2D eigenvalue weighted by Crippen LogP contribution is 2.12. The average molecular weight is 217 g/mol. The monoisotopic (exact) mass is 217 g/mol. The van der Waals surface area contributed by atoms with Crippen LogP contribution in [-0.4, -0.2) is 19.7 Å². The molecule has 1 atom stereocenters. The summed E-state index contributed by atoms with van der Waals surface area (Å²) in [6.45, 7) is 2.93. The van der Waals surface area contributed by atoms with E-state index in [1.165, 1.54) is 0 Å². The Morgan fingerprint density at radius 1 is 1.38 bits per heavy atom. The van der Waals surface area contributed by atoms with Crippen molar-refractivity contribution < 1.29 is 0 Å². The van der Waals surface area contributed by atoms with Gasteiger partial charge in [0.2, 0.25) is 0 Å². The Hall–Kier alpha value is -1.75. The largest absolute Gasteiger partial charge is 0.322 e. The lowest BCUT2D eigenvalue weighted by Crippen LogP contribution is -2.14. The van der Waals surface area contributed by atoms with E-state index in [4.69, 9.17) is 5.73 Å². The molecule has 0 aromatic carbocycles. The molecule has 5 nitrogen and oxygen atoms in total. The Morgan fingerprint density at radius 2 is 2.25 bits per heavy atom. The van der Waals surface area contributed by atoms with Crippen molar-refractivity contribution in [2.45, 2.75) is 25.9 Å². The van der Waals surface area contributed by atoms with Crippen LogP contribution >= 0.6 is 0 Å². The topological polar surface area (TPSA) is 69.6 Å². The van der Waals surface area contributed by atoms with Crippen molar-refractivity contribution in [2.75, 3.05) is 0 Å². The quantitative estimate of drug-likeness (QED) is 0.827. The smallest absolute Gasteiger partial charge is 0.0757 e. The number of aromatic nitrogens is 4. The zero-order chi connectivity index (χ0) is 11.4. The molecule has 0 amide bonds. The predicted octanol–water partition coefficient (Wildman–Crippen LogP) is 0.936. The molecule has 0 saturated carbocycles. The molecule has 2 aromatic rings. The Bertz CT molecular complexity index is 437. The van der Waals surface area contributed by atoms with Gasteiger partial charge < -0.3 is 5.73 Å². The third-order valence-corrected chi connectivity index (χ3v) is 2.43. The molecule has 0 aliphatic carbocycles. The summed E-state index contributed by atoms with van der Waals surface area (Å²) in [4.78, 5) is 8.19. The third kappa shape index (κ3) is 2.43. The molecule has 0 saturated heterocycles. The average Bonchev–Trinajstić information content (AvgIpc) is 2.78. The van der Waals surface area contributed by atoms with Crippen molar-refractivity contribution in [1.82, 2.24) is 19.7 Å². The number of nitrogens with zero attached hydrogens (tertiary/aromatic N) is 4. The van der Waals surface area contributed by atoms with E-state index in [0.717, 1.165) is 24.2 Å². The van der Waals surface area contributed by atoms with E-state index in [1.54, 1.807) is 18.6 Å². The summed E-state index contributed by atoms with van der Waals surface area (Å²) in [6.07, 6.45) is 9.60. The van der Waals surface area contributed by atoms with Crippen molar-refractivity contribution in [3.63, 3.8) is 0 Å². The van der Waals surface area contributed by atoms with Gasteiger partial charge in [-0.15, -0.1) is 0 Å². The van der Waals surface area contributed by atoms with Crippen molar-refractivity contribution in [3.05, 3.63) is 42.2 Å². The van der Waals surface area contributed by atoms with Crippen LogP contribution in [-0.2, 0) is 13.0 Å². The van der Waals surface area contributed by atoms with E-state index >= 15 is 0 Å². The van der Waals surface area contributed by atoms with E-state index < -0.39 is 0 Å². The van der Waals surface area contributed by atoms with Crippen LogP contribution < -0.4 is 5.73 Å². The highest BCUT2D eigenvalue weighted by molar-refractivity contribution is 5.11. The molecule has 0 radical (unpaired) electrons. The second-order valence-electron chi connectivity index (χ2n) is 3.65. The molecule has 2 rings (SSSR count). The van der Waals surface area contributed by atoms with Crippen molar-refractivity contribution in [1.29, 1.82) is 0 Å². The van der Waals surface area contributed by atoms with Crippen LogP contribution in [0.4, 0.5) is 0 Å². The fraction of sp³-hybridized carbons (Fsp3) is 0.364. The van der Waals surface area contributed by atoms with Gasteiger partial charge in [-0.05, 0) is 18.9 Å². The molecule has 2 aromatic heterocycles. The summed E-state index contributed by atoms with van der Waals surface area (Å²) in [5, 5.41) is 4.21. The van der Waals surface area contributed by atoms with E-state index in [-0.39, 0.29) is 6.04 Å². The fourth-order valence-corrected chi connectivity index (χ4v) is 1.55. The number of aryl methyl sites for hydroxylation is 1. The van der Waals surface area contributed by atoms with Gasteiger partial charge in [-0.1, -0.05) is 0 Å². The molecular formula is C11H15N5. The molecule has 0 aliphatic rings. The van der Waals surface area contributed by atoms with Crippen molar-refractivity contribution in [3.8, 4) is 0 Å². The molecule has 1 unspecified atom stereocenters. The van der Waals surface area contributed by atoms with Crippen molar-refractivity contribution >= 4 is 0 Å².